The number of hydrogen-bond donors (Lipinski definition) is 1. The molecule has 0 bridgehead atoms. The zero-order valence-electron chi connectivity index (χ0n) is 11.7. The molecule has 0 aliphatic rings. The summed E-state index contributed by atoms with van der Waals surface area (Å²) < 4.78 is 4.81. The summed E-state index contributed by atoms with van der Waals surface area (Å²) in [6.07, 6.45) is 4.40. The maximum Gasteiger partial charge on any atom is 0.305 e. The van der Waals surface area contributed by atoms with Crippen LogP contribution < -0.4 is 5.32 Å². The van der Waals surface area contributed by atoms with Crippen molar-refractivity contribution in [2.45, 2.75) is 19.8 Å². The van der Waals surface area contributed by atoms with Gasteiger partial charge in [-0.15, -0.1) is 13.2 Å². The fraction of sp³-hybridized carbons (Fsp3) is 0.571. The number of carbonyl (C=O) groups is 2. The van der Waals surface area contributed by atoms with E-state index in [1.54, 1.807) is 24.0 Å². The molecule has 0 radical (unpaired) electrons. The van der Waals surface area contributed by atoms with Crippen LogP contribution >= 0.6 is 0 Å². The Balaban J connectivity index is 3.74. The third kappa shape index (κ3) is 9.02. The molecule has 0 aliphatic carbocycles. The summed E-state index contributed by atoms with van der Waals surface area (Å²) in [5.74, 6) is -0.202. The van der Waals surface area contributed by atoms with E-state index in [4.69, 9.17) is 4.74 Å². The largest absolute Gasteiger partial charge is 0.466 e. The number of amides is 1. The zero-order valence-corrected chi connectivity index (χ0v) is 11.7. The van der Waals surface area contributed by atoms with Crippen LogP contribution in [0.1, 0.15) is 19.8 Å². The Morgan fingerprint density at radius 1 is 1.26 bits per heavy atom. The number of hydrogen-bond acceptors (Lipinski definition) is 4. The molecule has 19 heavy (non-hydrogen) atoms. The highest BCUT2D eigenvalue weighted by molar-refractivity contribution is 5.78. The number of esters is 1. The van der Waals surface area contributed by atoms with Crippen LogP contribution in [0.15, 0.2) is 25.3 Å². The summed E-state index contributed by atoms with van der Waals surface area (Å²) in [6, 6.07) is 0. The van der Waals surface area contributed by atoms with E-state index >= 15 is 0 Å². The van der Waals surface area contributed by atoms with Crippen LogP contribution in [0.3, 0.4) is 0 Å². The van der Waals surface area contributed by atoms with E-state index in [1.165, 1.54) is 0 Å². The van der Waals surface area contributed by atoms with Gasteiger partial charge >= 0.3 is 5.97 Å². The van der Waals surface area contributed by atoms with E-state index in [0.717, 1.165) is 0 Å². The summed E-state index contributed by atoms with van der Waals surface area (Å²) in [4.78, 5) is 24.5. The molecule has 0 aromatic heterocycles. The van der Waals surface area contributed by atoms with Crippen LogP contribution in [0, 0.1) is 0 Å². The molecule has 0 aromatic rings. The van der Waals surface area contributed by atoms with Gasteiger partial charge in [0, 0.05) is 19.5 Å². The van der Waals surface area contributed by atoms with Crippen LogP contribution in [-0.4, -0.2) is 49.6 Å². The number of nitrogens with zero attached hydrogens (tertiary/aromatic N) is 1. The third-order valence-corrected chi connectivity index (χ3v) is 2.37. The number of nitrogens with one attached hydrogen (secondary N) is 1. The molecular formula is C14H24N2O3. The van der Waals surface area contributed by atoms with Crippen LogP contribution in [0.25, 0.3) is 0 Å². The molecule has 0 aromatic carbocycles. The average molecular weight is 268 g/mol. The second-order valence-corrected chi connectivity index (χ2v) is 3.96. The minimum Gasteiger partial charge on any atom is -0.466 e. The zero-order chi connectivity index (χ0) is 14.5. The first-order valence-electron chi connectivity index (χ1n) is 6.51. The highest BCUT2D eigenvalue weighted by atomic mass is 16.5. The lowest BCUT2D eigenvalue weighted by Gasteiger charge is -2.19. The second-order valence-electron chi connectivity index (χ2n) is 3.96. The Labute approximate surface area is 115 Å². The van der Waals surface area contributed by atoms with Gasteiger partial charge in [0.25, 0.3) is 0 Å². The maximum absolute atomic E-state index is 11.8. The van der Waals surface area contributed by atoms with E-state index < -0.39 is 0 Å². The van der Waals surface area contributed by atoms with Crippen molar-refractivity contribution in [3.8, 4) is 0 Å². The lowest BCUT2D eigenvalue weighted by Crippen LogP contribution is -2.38. The highest BCUT2D eigenvalue weighted by Crippen LogP contribution is 1.93. The monoisotopic (exact) mass is 268 g/mol. The highest BCUT2D eigenvalue weighted by Gasteiger charge is 2.09. The first-order valence-corrected chi connectivity index (χ1v) is 6.51. The molecule has 0 spiro atoms. The quantitative estimate of drug-likeness (QED) is 0.346. The Morgan fingerprint density at radius 3 is 2.42 bits per heavy atom. The Bertz CT molecular complexity index is 293. The molecular weight excluding hydrogens is 244 g/mol. The summed E-state index contributed by atoms with van der Waals surface area (Å²) in [5.41, 5.74) is 0. The molecule has 1 amide bonds. The van der Waals surface area contributed by atoms with Crippen LogP contribution in [0.4, 0.5) is 0 Å². The summed E-state index contributed by atoms with van der Waals surface area (Å²) in [7, 11) is 0. The topological polar surface area (TPSA) is 58.6 Å². The van der Waals surface area contributed by atoms with Crippen molar-refractivity contribution in [2.24, 2.45) is 0 Å². The maximum atomic E-state index is 11.8. The van der Waals surface area contributed by atoms with Gasteiger partial charge in [0.05, 0.1) is 13.2 Å². The number of rotatable bonds is 11. The Hall–Kier alpha value is -1.62. The summed E-state index contributed by atoms with van der Waals surface area (Å²) in [6.45, 7) is 11.3. The van der Waals surface area contributed by atoms with Crippen LogP contribution in [0.2, 0.25) is 0 Å². The van der Waals surface area contributed by atoms with Crippen molar-refractivity contribution >= 4 is 11.9 Å². The van der Waals surface area contributed by atoms with Crippen LogP contribution in [0.5, 0.6) is 0 Å². The first kappa shape index (κ1) is 17.4. The Morgan fingerprint density at radius 2 is 1.89 bits per heavy atom. The minimum absolute atomic E-state index is 0.00376. The number of carbonyl (C=O) groups excluding carboxylic acids is 2. The van der Waals surface area contributed by atoms with Gasteiger partial charge in [-0.3, -0.25) is 9.59 Å². The average Bonchev–Trinajstić information content (AvgIpc) is 2.38. The van der Waals surface area contributed by atoms with Crippen LogP contribution in [-0.2, 0) is 14.3 Å². The standard InChI is InChI=1S/C14H24N2O3/c1-4-10-16(11-5-2)13(17)12-15-9-7-8-14(18)19-6-3/h4-5,15H,1-2,6-12H2,3H3. The molecule has 1 N–H and O–H groups in total. The van der Waals surface area contributed by atoms with Crippen molar-refractivity contribution in [1.82, 2.24) is 10.2 Å². The molecule has 5 heteroatoms. The molecule has 0 fully saturated rings. The van der Waals surface area contributed by atoms with Gasteiger partial charge in [0.2, 0.25) is 5.91 Å². The van der Waals surface area contributed by atoms with Crippen molar-refractivity contribution in [3.05, 3.63) is 25.3 Å². The lowest BCUT2D eigenvalue weighted by atomic mass is 10.3. The molecule has 0 saturated heterocycles. The van der Waals surface area contributed by atoms with E-state index in [2.05, 4.69) is 18.5 Å². The summed E-state index contributed by atoms with van der Waals surface area (Å²) >= 11 is 0. The molecule has 0 atom stereocenters. The van der Waals surface area contributed by atoms with E-state index in [-0.39, 0.29) is 18.4 Å². The Kier molecular flexibility index (Phi) is 10.5. The normalized spacial score (nSPS) is 9.74. The first-order chi connectivity index (χ1) is 9.15. The molecule has 0 aliphatic heterocycles. The van der Waals surface area contributed by atoms with Gasteiger partial charge < -0.3 is 15.0 Å². The van der Waals surface area contributed by atoms with Gasteiger partial charge in [0.1, 0.15) is 0 Å². The van der Waals surface area contributed by atoms with Gasteiger partial charge in [-0.25, -0.2) is 0 Å². The lowest BCUT2D eigenvalue weighted by molar-refractivity contribution is -0.143. The van der Waals surface area contributed by atoms with Gasteiger partial charge in [-0.05, 0) is 19.9 Å². The number of ether oxygens (including phenoxy) is 1. The van der Waals surface area contributed by atoms with Gasteiger partial charge in [-0.1, -0.05) is 12.2 Å². The summed E-state index contributed by atoms with van der Waals surface area (Å²) in [5, 5.41) is 3.01. The van der Waals surface area contributed by atoms with Crippen molar-refractivity contribution in [3.63, 3.8) is 0 Å². The van der Waals surface area contributed by atoms with Crippen molar-refractivity contribution in [2.75, 3.05) is 32.8 Å². The predicted molar refractivity (Wildman–Crippen MR) is 75.7 cm³/mol. The predicted octanol–water partition coefficient (Wildman–Crippen LogP) is 1.12. The van der Waals surface area contributed by atoms with E-state index in [0.29, 0.717) is 39.1 Å². The second kappa shape index (κ2) is 11.5. The fourth-order valence-electron chi connectivity index (χ4n) is 1.49. The van der Waals surface area contributed by atoms with E-state index in [1.807, 2.05) is 0 Å². The third-order valence-electron chi connectivity index (χ3n) is 2.37. The van der Waals surface area contributed by atoms with Crippen molar-refractivity contribution < 1.29 is 14.3 Å². The molecule has 5 nitrogen and oxygen atoms in total. The minimum atomic E-state index is -0.199. The molecule has 108 valence electrons. The van der Waals surface area contributed by atoms with E-state index in [9.17, 15) is 9.59 Å². The smallest absolute Gasteiger partial charge is 0.305 e. The molecule has 0 rings (SSSR count). The SMILES string of the molecule is C=CCN(CC=C)C(=O)CNCCCC(=O)OCC. The molecule has 0 heterocycles. The molecule has 0 unspecified atom stereocenters. The molecule has 0 saturated carbocycles. The van der Waals surface area contributed by atoms with Crippen molar-refractivity contribution in [1.29, 1.82) is 0 Å². The fourth-order valence-corrected chi connectivity index (χ4v) is 1.49. The van der Waals surface area contributed by atoms with Gasteiger partial charge in [0.15, 0.2) is 0 Å². The van der Waals surface area contributed by atoms with Gasteiger partial charge in [-0.2, -0.15) is 0 Å².